The van der Waals surface area contributed by atoms with Crippen LogP contribution in [0.25, 0.3) is 10.4 Å². The Morgan fingerprint density at radius 1 is 1.28 bits per heavy atom. The van der Waals surface area contributed by atoms with Gasteiger partial charge in [0.2, 0.25) is 0 Å². The number of aryl methyl sites for hydroxylation is 1. The molecule has 0 radical (unpaired) electrons. The molecule has 94 valence electrons. The standard InChI is InChI=1S/C15H16FNS/c1-10-3-2-4-13(15(10)16)14-8-7-12(18-14)9-17-11-5-6-11/h2-4,7-8,11,17H,5-6,9H2,1H3. The number of hydrogen-bond donors (Lipinski definition) is 1. The molecule has 1 N–H and O–H groups in total. The minimum absolute atomic E-state index is 0.0962. The number of thiophene rings is 1. The van der Waals surface area contributed by atoms with Crippen molar-refractivity contribution in [3.63, 3.8) is 0 Å². The second-order valence-electron chi connectivity index (χ2n) is 4.86. The van der Waals surface area contributed by atoms with Gasteiger partial charge in [0.15, 0.2) is 0 Å². The molecule has 0 saturated heterocycles. The lowest BCUT2D eigenvalue weighted by molar-refractivity contribution is 0.622. The van der Waals surface area contributed by atoms with Gasteiger partial charge in [-0.1, -0.05) is 18.2 Å². The fourth-order valence-electron chi connectivity index (χ4n) is 1.99. The summed E-state index contributed by atoms with van der Waals surface area (Å²) >= 11 is 1.68. The van der Waals surface area contributed by atoms with Gasteiger partial charge in [-0.15, -0.1) is 11.3 Å². The van der Waals surface area contributed by atoms with Crippen LogP contribution in [0.5, 0.6) is 0 Å². The molecule has 18 heavy (non-hydrogen) atoms. The first-order valence-corrected chi connectivity index (χ1v) is 7.13. The minimum atomic E-state index is -0.0962. The minimum Gasteiger partial charge on any atom is -0.309 e. The zero-order chi connectivity index (χ0) is 12.5. The summed E-state index contributed by atoms with van der Waals surface area (Å²) in [5, 5.41) is 3.48. The quantitative estimate of drug-likeness (QED) is 0.873. The van der Waals surface area contributed by atoms with Gasteiger partial charge in [0.05, 0.1) is 0 Å². The molecule has 1 aliphatic rings. The topological polar surface area (TPSA) is 12.0 Å². The summed E-state index contributed by atoms with van der Waals surface area (Å²) in [6.45, 7) is 2.71. The van der Waals surface area contributed by atoms with Crippen molar-refractivity contribution in [1.82, 2.24) is 5.32 Å². The Balaban J connectivity index is 1.80. The monoisotopic (exact) mass is 261 g/mol. The molecule has 0 amide bonds. The van der Waals surface area contributed by atoms with Crippen LogP contribution < -0.4 is 5.32 Å². The van der Waals surface area contributed by atoms with Gasteiger partial charge in [-0.25, -0.2) is 4.39 Å². The molecule has 1 nitrogen and oxygen atoms in total. The lowest BCUT2D eigenvalue weighted by atomic mass is 10.1. The van der Waals surface area contributed by atoms with Crippen LogP contribution >= 0.6 is 11.3 Å². The van der Waals surface area contributed by atoms with Gasteiger partial charge in [0.25, 0.3) is 0 Å². The van der Waals surface area contributed by atoms with Crippen LogP contribution in [0.1, 0.15) is 23.3 Å². The van der Waals surface area contributed by atoms with Gasteiger partial charge in [-0.3, -0.25) is 0 Å². The molecule has 1 fully saturated rings. The van der Waals surface area contributed by atoms with E-state index in [0.29, 0.717) is 11.6 Å². The fourth-order valence-corrected chi connectivity index (χ4v) is 2.97. The van der Waals surface area contributed by atoms with Crippen molar-refractivity contribution >= 4 is 11.3 Å². The van der Waals surface area contributed by atoms with Crippen molar-refractivity contribution in [2.24, 2.45) is 0 Å². The lowest BCUT2D eigenvalue weighted by Gasteiger charge is -2.02. The third-order valence-corrected chi connectivity index (χ3v) is 4.38. The smallest absolute Gasteiger partial charge is 0.134 e. The van der Waals surface area contributed by atoms with E-state index in [4.69, 9.17) is 0 Å². The van der Waals surface area contributed by atoms with Crippen LogP contribution in [-0.4, -0.2) is 6.04 Å². The van der Waals surface area contributed by atoms with Crippen LogP contribution in [-0.2, 0) is 6.54 Å². The van der Waals surface area contributed by atoms with E-state index in [2.05, 4.69) is 11.4 Å². The van der Waals surface area contributed by atoms with Crippen LogP contribution in [0, 0.1) is 12.7 Å². The largest absolute Gasteiger partial charge is 0.309 e. The van der Waals surface area contributed by atoms with Gasteiger partial charge in [0, 0.05) is 27.9 Å². The highest BCUT2D eigenvalue weighted by molar-refractivity contribution is 7.15. The molecule has 0 aliphatic heterocycles. The third kappa shape index (κ3) is 2.47. The van der Waals surface area contributed by atoms with Crippen LogP contribution in [0.4, 0.5) is 4.39 Å². The number of hydrogen-bond acceptors (Lipinski definition) is 2. The van der Waals surface area contributed by atoms with Gasteiger partial charge in [-0.05, 0) is 37.5 Å². The van der Waals surface area contributed by atoms with E-state index in [9.17, 15) is 4.39 Å². The molecular formula is C15H16FNS. The summed E-state index contributed by atoms with van der Waals surface area (Å²) in [4.78, 5) is 2.29. The lowest BCUT2D eigenvalue weighted by Crippen LogP contribution is -2.14. The maximum absolute atomic E-state index is 14.0. The van der Waals surface area contributed by atoms with Crippen LogP contribution in [0.3, 0.4) is 0 Å². The van der Waals surface area contributed by atoms with E-state index < -0.39 is 0 Å². The van der Waals surface area contributed by atoms with Crippen molar-refractivity contribution in [2.75, 3.05) is 0 Å². The highest BCUT2D eigenvalue weighted by Gasteiger charge is 2.20. The van der Waals surface area contributed by atoms with Crippen molar-refractivity contribution in [1.29, 1.82) is 0 Å². The van der Waals surface area contributed by atoms with Crippen LogP contribution in [0.2, 0.25) is 0 Å². The zero-order valence-electron chi connectivity index (χ0n) is 10.4. The number of benzene rings is 1. The van der Waals surface area contributed by atoms with E-state index in [-0.39, 0.29) is 5.82 Å². The maximum Gasteiger partial charge on any atom is 0.134 e. The van der Waals surface area contributed by atoms with Gasteiger partial charge >= 0.3 is 0 Å². The van der Waals surface area contributed by atoms with E-state index in [0.717, 1.165) is 17.0 Å². The summed E-state index contributed by atoms with van der Waals surface area (Å²) in [6, 6.07) is 10.4. The number of rotatable bonds is 4. The van der Waals surface area contributed by atoms with E-state index in [1.807, 2.05) is 31.2 Å². The Morgan fingerprint density at radius 2 is 2.11 bits per heavy atom. The predicted octanol–water partition coefficient (Wildman–Crippen LogP) is 4.11. The predicted molar refractivity (Wildman–Crippen MR) is 74.3 cm³/mol. The second-order valence-corrected chi connectivity index (χ2v) is 6.03. The van der Waals surface area contributed by atoms with Crippen molar-refractivity contribution in [2.45, 2.75) is 32.4 Å². The number of nitrogens with one attached hydrogen (secondary N) is 1. The molecule has 0 bridgehead atoms. The molecule has 0 unspecified atom stereocenters. The van der Waals surface area contributed by atoms with Crippen molar-refractivity contribution in [3.05, 3.63) is 46.6 Å². The Labute approximate surface area is 111 Å². The Kier molecular flexibility index (Phi) is 3.18. The van der Waals surface area contributed by atoms with E-state index in [1.165, 1.54) is 17.7 Å². The van der Waals surface area contributed by atoms with Gasteiger partial charge < -0.3 is 5.32 Å². The summed E-state index contributed by atoms with van der Waals surface area (Å²) in [6.07, 6.45) is 2.59. The van der Waals surface area contributed by atoms with Crippen molar-refractivity contribution in [3.8, 4) is 10.4 Å². The molecular weight excluding hydrogens is 245 g/mol. The first kappa shape index (κ1) is 11.9. The average molecular weight is 261 g/mol. The molecule has 3 rings (SSSR count). The summed E-state index contributed by atoms with van der Waals surface area (Å²) in [5.41, 5.74) is 1.43. The summed E-state index contributed by atoms with van der Waals surface area (Å²) in [5.74, 6) is -0.0962. The Bertz CT molecular complexity index is 557. The van der Waals surface area contributed by atoms with Crippen LogP contribution in [0.15, 0.2) is 30.3 Å². The molecule has 0 spiro atoms. The van der Waals surface area contributed by atoms with E-state index in [1.54, 1.807) is 11.3 Å². The van der Waals surface area contributed by atoms with Crippen molar-refractivity contribution < 1.29 is 4.39 Å². The molecule has 1 aromatic heterocycles. The zero-order valence-corrected chi connectivity index (χ0v) is 11.2. The average Bonchev–Trinajstić information content (AvgIpc) is 3.08. The van der Waals surface area contributed by atoms with Gasteiger partial charge in [0.1, 0.15) is 5.82 Å². The molecule has 3 heteroatoms. The summed E-state index contributed by atoms with van der Waals surface area (Å²) in [7, 11) is 0. The van der Waals surface area contributed by atoms with Gasteiger partial charge in [-0.2, -0.15) is 0 Å². The second kappa shape index (κ2) is 4.82. The Hall–Kier alpha value is -1.19. The first-order valence-electron chi connectivity index (χ1n) is 6.31. The SMILES string of the molecule is Cc1cccc(-c2ccc(CNC3CC3)s2)c1F. The molecule has 1 aromatic carbocycles. The van der Waals surface area contributed by atoms with E-state index >= 15 is 0 Å². The first-order chi connectivity index (χ1) is 8.74. The Morgan fingerprint density at radius 3 is 2.89 bits per heavy atom. The normalized spacial score (nSPS) is 15.0. The molecule has 1 aliphatic carbocycles. The molecule has 0 atom stereocenters. The number of halogens is 1. The molecule has 2 aromatic rings. The summed E-state index contributed by atoms with van der Waals surface area (Å²) < 4.78 is 14.0. The fraction of sp³-hybridized carbons (Fsp3) is 0.333. The maximum atomic E-state index is 14.0. The highest BCUT2D eigenvalue weighted by Crippen LogP contribution is 2.31. The molecule has 1 saturated carbocycles. The highest BCUT2D eigenvalue weighted by atomic mass is 32.1. The third-order valence-electron chi connectivity index (χ3n) is 3.26. The molecule has 1 heterocycles.